The highest BCUT2D eigenvalue weighted by atomic mass is 19.4. The van der Waals surface area contributed by atoms with E-state index in [2.05, 4.69) is 5.32 Å². The van der Waals surface area contributed by atoms with Crippen LogP contribution in [0.5, 0.6) is 0 Å². The molecule has 2 atom stereocenters. The molecule has 1 aliphatic heterocycles. The number of hydrogen-bond acceptors (Lipinski definition) is 4. The minimum absolute atomic E-state index is 0.460. The van der Waals surface area contributed by atoms with E-state index in [9.17, 15) is 22.8 Å². The quantitative estimate of drug-likeness (QED) is 0.596. The molecule has 1 heterocycles. The van der Waals surface area contributed by atoms with Crippen LogP contribution in [-0.4, -0.2) is 41.8 Å². The largest absolute Gasteiger partial charge is 0.423 e. The lowest BCUT2D eigenvalue weighted by molar-refractivity contribution is -0.205. The minimum atomic E-state index is -5.06. The third kappa shape index (κ3) is 3.17. The summed E-state index contributed by atoms with van der Waals surface area (Å²) in [5.41, 5.74) is 0. The van der Waals surface area contributed by atoms with Crippen molar-refractivity contribution in [3.8, 4) is 0 Å². The van der Waals surface area contributed by atoms with Crippen LogP contribution in [0.2, 0.25) is 0 Å². The molecule has 0 aromatic heterocycles. The molecule has 1 rings (SSSR count). The van der Waals surface area contributed by atoms with Crippen molar-refractivity contribution in [1.29, 1.82) is 0 Å². The number of rotatable bonds is 2. The van der Waals surface area contributed by atoms with E-state index in [-0.39, 0.29) is 0 Å². The summed E-state index contributed by atoms with van der Waals surface area (Å²) in [6.07, 6.45) is -7.05. The van der Waals surface area contributed by atoms with Crippen LogP contribution in [0.3, 0.4) is 0 Å². The van der Waals surface area contributed by atoms with Crippen LogP contribution in [0.25, 0.3) is 0 Å². The molecule has 2 amide bonds. The summed E-state index contributed by atoms with van der Waals surface area (Å²) in [5, 5.41) is 12.8. The summed E-state index contributed by atoms with van der Waals surface area (Å²) in [7, 11) is 0. The van der Waals surface area contributed by atoms with Crippen LogP contribution in [0.1, 0.15) is 12.8 Å². The van der Waals surface area contributed by atoms with Crippen molar-refractivity contribution in [2.24, 2.45) is 0 Å². The van der Waals surface area contributed by atoms with Gasteiger partial charge in [-0.1, -0.05) is 0 Å². The molecule has 1 aliphatic rings. The van der Waals surface area contributed by atoms with Gasteiger partial charge in [0.05, 0.1) is 6.04 Å². The second-order valence-electron chi connectivity index (χ2n) is 3.45. The van der Waals surface area contributed by atoms with Crippen LogP contribution < -0.4 is 10.6 Å². The van der Waals surface area contributed by atoms with Gasteiger partial charge in [0.15, 0.2) is 0 Å². The lowest BCUT2D eigenvalue weighted by Crippen LogP contribution is -2.50. The van der Waals surface area contributed by atoms with Crippen molar-refractivity contribution < 1.29 is 27.9 Å². The van der Waals surface area contributed by atoms with Crippen molar-refractivity contribution >= 4 is 11.8 Å². The smallest absolute Gasteiger partial charge is 0.376 e. The average Bonchev–Trinajstić information content (AvgIpc) is 2.67. The minimum Gasteiger partial charge on any atom is -0.376 e. The van der Waals surface area contributed by atoms with Crippen LogP contribution in [0, 0.1) is 0 Å². The number of carbonyl (C=O) groups excluding carboxylic acids is 2. The molecule has 1 saturated heterocycles. The summed E-state index contributed by atoms with van der Waals surface area (Å²) in [4.78, 5) is 22.0. The Morgan fingerprint density at radius 3 is 2.50 bits per heavy atom. The molecule has 5 nitrogen and oxygen atoms in total. The predicted octanol–water partition coefficient (Wildman–Crippen LogP) is -0.696. The van der Waals surface area contributed by atoms with E-state index in [4.69, 9.17) is 5.11 Å². The number of imide groups is 1. The number of alkyl halides is 3. The van der Waals surface area contributed by atoms with Gasteiger partial charge in [-0.05, 0) is 19.4 Å². The fourth-order valence-corrected chi connectivity index (χ4v) is 1.33. The Balaban J connectivity index is 2.47. The Hall–Kier alpha value is -1.15. The number of nitrogens with one attached hydrogen (secondary N) is 2. The van der Waals surface area contributed by atoms with Crippen molar-refractivity contribution in [2.75, 3.05) is 6.54 Å². The van der Waals surface area contributed by atoms with Gasteiger partial charge in [0.2, 0.25) is 12.0 Å². The molecule has 8 heteroatoms. The molecule has 0 aromatic rings. The Morgan fingerprint density at radius 2 is 2.06 bits per heavy atom. The van der Waals surface area contributed by atoms with E-state index in [1.54, 1.807) is 0 Å². The predicted molar refractivity (Wildman–Crippen MR) is 46.2 cm³/mol. The highest BCUT2D eigenvalue weighted by molar-refractivity contribution is 5.99. The zero-order valence-corrected chi connectivity index (χ0v) is 8.17. The zero-order chi connectivity index (χ0) is 12.3. The molecule has 0 bridgehead atoms. The van der Waals surface area contributed by atoms with E-state index in [0.717, 1.165) is 0 Å². The fraction of sp³-hybridized carbons (Fsp3) is 0.750. The van der Waals surface area contributed by atoms with Crippen molar-refractivity contribution in [3.63, 3.8) is 0 Å². The van der Waals surface area contributed by atoms with Crippen LogP contribution in [0.4, 0.5) is 13.2 Å². The van der Waals surface area contributed by atoms with E-state index in [1.165, 1.54) is 5.32 Å². The maximum absolute atomic E-state index is 11.9. The monoisotopic (exact) mass is 240 g/mol. The molecule has 2 unspecified atom stereocenters. The Bertz CT molecular complexity index is 287. The molecule has 0 aliphatic carbocycles. The summed E-state index contributed by atoms with van der Waals surface area (Å²) in [5.74, 6) is -2.59. The number of aliphatic hydroxyl groups excluding tert-OH is 1. The zero-order valence-electron chi connectivity index (χ0n) is 8.17. The Kier molecular flexibility index (Phi) is 3.87. The van der Waals surface area contributed by atoms with Gasteiger partial charge in [0.1, 0.15) is 0 Å². The lowest BCUT2D eigenvalue weighted by atomic mass is 10.2. The topological polar surface area (TPSA) is 78.4 Å². The van der Waals surface area contributed by atoms with E-state index in [1.807, 2.05) is 0 Å². The van der Waals surface area contributed by atoms with Gasteiger partial charge in [-0.15, -0.1) is 0 Å². The number of amides is 2. The number of aliphatic hydroxyl groups is 1. The van der Waals surface area contributed by atoms with E-state index in [0.29, 0.717) is 19.4 Å². The molecule has 16 heavy (non-hydrogen) atoms. The molecule has 92 valence electrons. The average molecular weight is 240 g/mol. The summed E-state index contributed by atoms with van der Waals surface area (Å²) in [6, 6.07) is -0.663. The molecule has 1 fully saturated rings. The normalized spacial score (nSPS) is 22.9. The molecule has 0 saturated carbocycles. The van der Waals surface area contributed by atoms with Gasteiger partial charge in [-0.2, -0.15) is 13.2 Å². The van der Waals surface area contributed by atoms with Crippen LogP contribution >= 0.6 is 0 Å². The standard InChI is InChI=1S/C8H11F3N2O3/c9-8(10,11)5(14)7(16)13-6(15)4-2-1-3-12-4/h4-5,12,14H,1-3H2,(H,13,15,16). The van der Waals surface area contributed by atoms with Gasteiger partial charge in [-0.25, -0.2) is 0 Å². The van der Waals surface area contributed by atoms with E-state index >= 15 is 0 Å². The number of halogens is 3. The van der Waals surface area contributed by atoms with Gasteiger partial charge >= 0.3 is 6.18 Å². The molecular weight excluding hydrogens is 229 g/mol. The first-order valence-corrected chi connectivity index (χ1v) is 4.65. The second-order valence-corrected chi connectivity index (χ2v) is 3.45. The van der Waals surface area contributed by atoms with E-state index < -0.39 is 30.1 Å². The van der Waals surface area contributed by atoms with Gasteiger partial charge in [-0.3, -0.25) is 14.9 Å². The van der Waals surface area contributed by atoms with Gasteiger partial charge in [0.25, 0.3) is 5.91 Å². The first kappa shape index (κ1) is 12.9. The Labute approximate surface area is 89.0 Å². The molecule has 3 N–H and O–H groups in total. The molecule has 0 radical (unpaired) electrons. The Morgan fingerprint density at radius 1 is 1.44 bits per heavy atom. The summed E-state index contributed by atoms with van der Waals surface area (Å²) in [6.45, 7) is 0.577. The number of carbonyl (C=O) groups is 2. The first-order valence-electron chi connectivity index (χ1n) is 4.65. The maximum Gasteiger partial charge on any atom is 0.423 e. The molecular formula is C8H11F3N2O3. The van der Waals surface area contributed by atoms with Crippen molar-refractivity contribution in [1.82, 2.24) is 10.6 Å². The van der Waals surface area contributed by atoms with Crippen molar-refractivity contribution in [3.05, 3.63) is 0 Å². The van der Waals surface area contributed by atoms with Crippen molar-refractivity contribution in [2.45, 2.75) is 31.2 Å². The fourth-order valence-electron chi connectivity index (χ4n) is 1.33. The third-order valence-electron chi connectivity index (χ3n) is 2.18. The summed E-state index contributed by atoms with van der Waals surface area (Å²) < 4.78 is 35.7. The third-order valence-corrected chi connectivity index (χ3v) is 2.18. The molecule has 0 spiro atoms. The van der Waals surface area contributed by atoms with Gasteiger partial charge in [0, 0.05) is 0 Å². The summed E-state index contributed by atoms with van der Waals surface area (Å²) >= 11 is 0. The SMILES string of the molecule is O=C(NC(=O)C(O)C(F)(F)F)C1CCCN1. The highest BCUT2D eigenvalue weighted by Crippen LogP contribution is 2.20. The number of hydrogen-bond donors (Lipinski definition) is 3. The highest BCUT2D eigenvalue weighted by Gasteiger charge is 2.44. The lowest BCUT2D eigenvalue weighted by Gasteiger charge is -2.15. The second kappa shape index (κ2) is 4.79. The molecule has 0 aromatic carbocycles. The van der Waals surface area contributed by atoms with Crippen LogP contribution in [-0.2, 0) is 9.59 Å². The maximum atomic E-state index is 11.9. The van der Waals surface area contributed by atoms with Crippen LogP contribution in [0.15, 0.2) is 0 Å². The first-order chi connectivity index (χ1) is 7.32. The van der Waals surface area contributed by atoms with Gasteiger partial charge < -0.3 is 10.4 Å².